The number of nitrogens with zero attached hydrogens (tertiary/aromatic N) is 1. The number of ether oxygens (including phenoxy) is 1. The third kappa shape index (κ3) is 3.44. The molecule has 7 nitrogen and oxygen atoms in total. The molecular formula is C19H16N2O5S2. The molecule has 9 heteroatoms. The van der Waals surface area contributed by atoms with Gasteiger partial charge in [0.25, 0.3) is 11.1 Å². The molecule has 0 unspecified atom stereocenters. The highest BCUT2D eigenvalue weighted by atomic mass is 32.2. The maximum Gasteiger partial charge on any atom is 0.290 e. The molecule has 0 aliphatic carbocycles. The van der Waals surface area contributed by atoms with Crippen LogP contribution >= 0.6 is 11.8 Å². The number of rotatable bonds is 4. The lowest BCUT2D eigenvalue weighted by Gasteiger charge is -2.30. The molecule has 2 aromatic carbocycles. The summed E-state index contributed by atoms with van der Waals surface area (Å²) in [4.78, 5) is 24.1. The fourth-order valence-corrected chi connectivity index (χ4v) is 5.50. The van der Waals surface area contributed by atoms with Crippen molar-refractivity contribution in [2.75, 3.05) is 19.7 Å². The minimum absolute atomic E-state index is 0.000525. The van der Waals surface area contributed by atoms with Crippen LogP contribution in [0.3, 0.4) is 0 Å². The summed E-state index contributed by atoms with van der Waals surface area (Å²) in [6, 6.07) is 15.6. The summed E-state index contributed by atoms with van der Waals surface area (Å²) in [7, 11) is -3.74. The van der Waals surface area contributed by atoms with Gasteiger partial charge in [0.1, 0.15) is 12.4 Å². The van der Waals surface area contributed by atoms with Crippen LogP contribution in [0.5, 0.6) is 5.75 Å². The van der Waals surface area contributed by atoms with E-state index in [1.807, 2.05) is 18.2 Å². The van der Waals surface area contributed by atoms with E-state index < -0.39 is 21.2 Å². The number of sulfonamides is 1. The van der Waals surface area contributed by atoms with Crippen molar-refractivity contribution < 1.29 is 22.7 Å². The highest BCUT2D eigenvalue weighted by Gasteiger charge is 2.38. The minimum atomic E-state index is -3.74. The Morgan fingerprint density at radius 1 is 1.04 bits per heavy atom. The van der Waals surface area contributed by atoms with E-state index in [9.17, 15) is 18.0 Å². The van der Waals surface area contributed by atoms with E-state index in [1.165, 1.54) is 10.4 Å². The van der Waals surface area contributed by atoms with Crippen molar-refractivity contribution in [3.8, 4) is 5.75 Å². The van der Waals surface area contributed by atoms with Gasteiger partial charge >= 0.3 is 0 Å². The molecule has 1 saturated heterocycles. The number of amides is 2. The van der Waals surface area contributed by atoms with Gasteiger partial charge in [-0.05, 0) is 35.5 Å². The zero-order valence-electron chi connectivity index (χ0n) is 14.6. The second-order valence-electron chi connectivity index (χ2n) is 6.15. The van der Waals surface area contributed by atoms with Crippen molar-refractivity contribution in [1.82, 2.24) is 9.62 Å². The Labute approximate surface area is 166 Å². The number of carbonyl (C=O) groups excluding carboxylic acids is 2. The van der Waals surface area contributed by atoms with Gasteiger partial charge in [-0.1, -0.05) is 36.4 Å². The number of hydrogen-bond donors (Lipinski definition) is 1. The van der Waals surface area contributed by atoms with Crippen LogP contribution < -0.4 is 10.1 Å². The molecule has 2 aliphatic rings. The Bertz CT molecular complexity index is 1080. The average Bonchev–Trinajstić information content (AvgIpc) is 3.02. The van der Waals surface area contributed by atoms with Crippen molar-refractivity contribution >= 4 is 38.5 Å². The molecule has 2 aromatic rings. The van der Waals surface area contributed by atoms with Crippen LogP contribution in [0.2, 0.25) is 0 Å². The molecule has 4 rings (SSSR count). The predicted octanol–water partition coefficient (Wildman–Crippen LogP) is 2.46. The molecule has 0 aromatic heterocycles. The fourth-order valence-electron chi connectivity index (χ4n) is 3.11. The first-order chi connectivity index (χ1) is 13.5. The van der Waals surface area contributed by atoms with Crippen LogP contribution in [0.25, 0.3) is 5.57 Å². The quantitative estimate of drug-likeness (QED) is 0.770. The van der Waals surface area contributed by atoms with Gasteiger partial charge in [-0.15, -0.1) is 0 Å². The van der Waals surface area contributed by atoms with Gasteiger partial charge in [0.2, 0.25) is 10.0 Å². The molecule has 0 atom stereocenters. The van der Waals surface area contributed by atoms with Gasteiger partial charge in [-0.2, -0.15) is 4.31 Å². The van der Waals surface area contributed by atoms with Gasteiger partial charge < -0.3 is 4.74 Å². The summed E-state index contributed by atoms with van der Waals surface area (Å²) in [5.41, 5.74) is 0.980. The molecule has 2 aliphatic heterocycles. The van der Waals surface area contributed by atoms with Crippen LogP contribution in [-0.2, 0) is 14.8 Å². The molecule has 144 valence electrons. The number of fused-ring (bicyclic) bond motifs is 1. The maximum atomic E-state index is 13.0. The van der Waals surface area contributed by atoms with Gasteiger partial charge in [0, 0.05) is 18.7 Å². The van der Waals surface area contributed by atoms with E-state index in [1.54, 1.807) is 30.3 Å². The van der Waals surface area contributed by atoms with Gasteiger partial charge in [-0.3, -0.25) is 14.9 Å². The zero-order valence-corrected chi connectivity index (χ0v) is 16.3. The number of benzene rings is 2. The van der Waals surface area contributed by atoms with E-state index >= 15 is 0 Å². The molecule has 1 fully saturated rings. The largest absolute Gasteiger partial charge is 0.492 e. The summed E-state index contributed by atoms with van der Waals surface area (Å²) in [6.45, 7) is 0.273. The van der Waals surface area contributed by atoms with E-state index in [-0.39, 0.29) is 29.5 Å². The third-order valence-corrected chi connectivity index (χ3v) is 7.23. The normalized spacial score (nSPS) is 21.3. The standard InChI is InChI=1S/C19H16N2O5S2/c22-18-17(27-19(23)20-18)15-12-21(10-11-26-13-6-2-1-3-7-13)28(24,25)16-9-5-4-8-14(15)16/h1-9H,10-12H2,(H,20,22,23)/b17-15-. The zero-order chi connectivity index (χ0) is 19.7. The van der Waals surface area contributed by atoms with Crippen LogP contribution in [0.1, 0.15) is 5.56 Å². The van der Waals surface area contributed by atoms with Crippen LogP contribution in [0.4, 0.5) is 4.79 Å². The Kier molecular flexibility index (Phi) is 4.96. The fraction of sp³-hybridized carbons (Fsp3) is 0.158. The summed E-state index contributed by atoms with van der Waals surface area (Å²) >= 11 is 0.794. The topological polar surface area (TPSA) is 92.8 Å². The second kappa shape index (κ2) is 7.42. The Balaban J connectivity index is 1.66. The lowest BCUT2D eigenvalue weighted by Crippen LogP contribution is -2.40. The van der Waals surface area contributed by atoms with E-state index in [0.29, 0.717) is 16.9 Å². The predicted molar refractivity (Wildman–Crippen MR) is 105 cm³/mol. The van der Waals surface area contributed by atoms with Crippen molar-refractivity contribution in [2.24, 2.45) is 0 Å². The highest BCUT2D eigenvalue weighted by Crippen LogP contribution is 2.39. The summed E-state index contributed by atoms with van der Waals surface area (Å²) < 4.78 is 33.0. The number of nitrogens with one attached hydrogen (secondary N) is 1. The first-order valence-electron chi connectivity index (χ1n) is 8.50. The lowest BCUT2D eigenvalue weighted by atomic mass is 10.0. The number of carbonyl (C=O) groups is 2. The van der Waals surface area contributed by atoms with Crippen molar-refractivity contribution in [3.63, 3.8) is 0 Å². The van der Waals surface area contributed by atoms with E-state index in [4.69, 9.17) is 4.74 Å². The Morgan fingerprint density at radius 3 is 2.46 bits per heavy atom. The molecule has 0 radical (unpaired) electrons. The maximum absolute atomic E-state index is 13.0. The smallest absolute Gasteiger partial charge is 0.290 e. The molecular weight excluding hydrogens is 400 g/mol. The molecule has 2 heterocycles. The van der Waals surface area contributed by atoms with Crippen LogP contribution in [-0.4, -0.2) is 43.6 Å². The number of hydrogen-bond acceptors (Lipinski definition) is 6. The van der Waals surface area contributed by atoms with Crippen LogP contribution in [0, 0.1) is 0 Å². The van der Waals surface area contributed by atoms with Crippen molar-refractivity contribution in [2.45, 2.75) is 4.90 Å². The van der Waals surface area contributed by atoms with Gasteiger partial charge in [0.05, 0.1) is 9.80 Å². The molecule has 0 bridgehead atoms. The first kappa shape index (κ1) is 18.7. The van der Waals surface area contributed by atoms with Crippen molar-refractivity contribution in [3.05, 3.63) is 65.1 Å². The Hall–Kier alpha value is -2.62. The van der Waals surface area contributed by atoms with E-state index in [0.717, 1.165) is 11.8 Å². The van der Waals surface area contributed by atoms with E-state index in [2.05, 4.69) is 5.32 Å². The number of thioether (sulfide) groups is 1. The first-order valence-corrected chi connectivity index (χ1v) is 10.8. The minimum Gasteiger partial charge on any atom is -0.492 e. The highest BCUT2D eigenvalue weighted by molar-refractivity contribution is 8.18. The third-order valence-electron chi connectivity index (χ3n) is 4.41. The Morgan fingerprint density at radius 2 is 1.75 bits per heavy atom. The molecule has 0 spiro atoms. The number of para-hydroxylation sites is 1. The van der Waals surface area contributed by atoms with Crippen molar-refractivity contribution in [1.29, 1.82) is 0 Å². The summed E-state index contributed by atoms with van der Waals surface area (Å²) in [5.74, 6) is 0.145. The second-order valence-corrected chi connectivity index (χ2v) is 9.04. The summed E-state index contributed by atoms with van der Waals surface area (Å²) in [6.07, 6.45) is 0. The molecule has 1 N–H and O–H groups in total. The lowest BCUT2D eigenvalue weighted by molar-refractivity contribution is -0.115. The summed E-state index contributed by atoms with van der Waals surface area (Å²) in [5, 5.41) is 1.77. The SMILES string of the molecule is O=C1NC(=O)/C(=C2\CN(CCOc3ccccc3)S(=O)(=O)c3ccccc32)S1. The molecule has 28 heavy (non-hydrogen) atoms. The van der Waals surface area contributed by atoms with Gasteiger partial charge in [0.15, 0.2) is 0 Å². The average molecular weight is 416 g/mol. The monoisotopic (exact) mass is 416 g/mol. The number of imide groups is 1. The molecule has 2 amide bonds. The van der Waals surface area contributed by atoms with Crippen LogP contribution in [0.15, 0.2) is 64.4 Å². The molecule has 0 saturated carbocycles. The van der Waals surface area contributed by atoms with Gasteiger partial charge in [-0.25, -0.2) is 8.42 Å².